The van der Waals surface area contributed by atoms with Crippen LogP contribution >= 0.6 is 0 Å². The molecular formula is C12H10FN5O. The summed E-state index contributed by atoms with van der Waals surface area (Å²) in [7, 11) is 0. The number of hydrogen-bond acceptors (Lipinski definition) is 5. The Morgan fingerprint density at radius 3 is 3.00 bits per heavy atom. The topological polar surface area (TPSA) is 86.2 Å². The Kier molecular flexibility index (Phi) is 2.59. The molecule has 2 aromatic heterocycles. The summed E-state index contributed by atoms with van der Waals surface area (Å²) in [5.74, 6) is 0.162. The van der Waals surface area contributed by atoms with Crippen molar-refractivity contribution < 1.29 is 9.18 Å². The van der Waals surface area contributed by atoms with Crippen LogP contribution < -0.4 is 5.73 Å². The maximum atomic E-state index is 13.1. The van der Waals surface area contributed by atoms with E-state index in [4.69, 9.17) is 5.73 Å². The van der Waals surface area contributed by atoms with Crippen LogP contribution in [0.1, 0.15) is 16.9 Å². The summed E-state index contributed by atoms with van der Waals surface area (Å²) in [5, 5.41) is 3.96. The standard InChI is InChI=1S/C12H10FN5O/c13-5-8-11(7-2-1-3-15-6-7)12-16-9(14)4-10(19)18(12)17-8/h1-3,6H,4-5H2,(H2,14,16). The van der Waals surface area contributed by atoms with Gasteiger partial charge in [0, 0.05) is 18.0 Å². The monoisotopic (exact) mass is 259 g/mol. The maximum Gasteiger partial charge on any atom is 0.256 e. The van der Waals surface area contributed by atoms with Gasteiger partial charge in [-0.2, -0.15) is 9.78 Å². The molecule has 0 radical (unpaired) electrons. The molecule has 0 aromatic carbocycles. The third-order valence-electron chi connectivity index (χ3n) is 2.83. The molecule has 0 saturated heterocycles. The van der Waals surface area contributed by atoms with E-state index in [2.05, 4.69) is 15.1 Å². The van der Waals surface area contributed by atoms with E-state index in [9.17, 15) is 9.18 Å². The molecule has 0 amide bonds. The Morgan fingerprint density at radius 1 is 1.47 bits per heavy atom. The molecule has 7 heteroatoms. The van der Waals surface area contributed by atoms with Crippen LogP contribution in [0.5, 0.6) is 0 Å². The average Bonchev–Trinajstić information content (AvgIpc) is 2.78. The normalized spacial score (nSPS) is 14.2. The molecule has 0 bridgehead atoms. The van der Waals surface area contributed by atoms with E-state index >= 15 is 0 Å². The van der Waals surface area contributed by atoms with E-state index in [1.165, 1.54) is 0 Å². The minimum Gasteiger partial charge on any atom is -0.387 e. The lowest BCUT2D eigenvalue weighted by atomic mass is 10.1. The molecule has 2 N–H and O–H groups in total. The number of halogens is 1. The Morgan fingerprint density at radius 2 is 2.32 bits per heavy atom. The number of nitrogens with zero attached hydrogens (tertiary/aromatic N) is 4. The highest BCUT2D eigenvalue weighted by Gasteiger charge is 2.26. The Labute approximate surface area is 107 Å². The van der Waals surface area contributed by atoms with Crippen molar-refractivity contribution >= 4 is 17.6 Å². The van der Waals surface area contributed by atoms with Gasteiger partial charge in [-0.05, 0) is 6.07 Å². The molecule has 0 atom stereocenters. The van der Waals surface area contributed by atoms with Gasteiger partial charge in [-0.3, -0.25) is 9.78 Å². The second-order valence-corrected chi connectivity index (χ2v) is 4.11. The Bertz CT molecular complexity index is 677. The third-order valence-corrected chi connectivity index (χ3v) is 2.83. The van der Waals surface area contributed by atoms with Crippen molar-refractivity contribution in [3.05, 3.63) is 30.2 Å². The molecule has 3 heterocycles. The summed E-state index contributed by atoms with van der Waals surface area (Å²) < 4.78 is 14.2. The number of pyridine rings is 1. The van der Waals surface area contributed by atoms with Crippen molar-refractivity contribution in [3.8, 4) is 11.1 Å². The van der Waals surface area contributed by atoms with Crippen LogP contribution in [0.15, 0.2) is 29.5 Å². The van der Waals surface area contributed by atoms with Gasteiger partial charge in [0.15, 0.2) is 5.82 Å². The molecule has 19 heavy (non-hydrogen) atoms. The number of nitrogens with two attached hydrogens (primary N) is 1. The zero-order valence-electron chi connectivity index (χ0n) is 9.88. The fourth-order valence-corrected chi connectivity index (χ4v) is 2.04. The van der Waals surface area contributed by atoms with E-state index < -0.39 is 6.67 Å². The Balaban J connectivity index is 2.28. The molecule has 2 aromatic rings. The maximum absolute atomic E-state index is 13.1. The number of carbonyl (C=O) groups excluding carboxylic acids is 1. The fourth-order valence-electron chi connectivity index (χ4n) is 2.04. The summed E-state index contributed by atoms with van der Waals surface area (Å²) in [4.78, 5) is 19.9. The summed E-state index contributed by atoms with van der Waals surface area (Å²) in [6.45, 7) is -0.785. The van der Waals surface area contributed by atoms with E-state index in [-0.39, 0.29) is 29.7 Å². The van der Waals surface area contributed by atoms with E-state index in [0.717, 1.165) is 4.68 Å². The number of hydrogen-bond donors (Lipinski definition) is 1. The highest BCUT2D eigenvalue weighted by Crippen LogP contribution is 2.35. The summed E-state index contributed by atoms with van der Waals surface area (Å²) in [5.41, 5.74) is 6.90. The van der Waals surface area contributed by atoms with E-state index in [1.807, 2.05) is 0 Å². The number of alkyl halides is 1. The molecular weight excluding hydrogens is 249 g/mol. The quantitative estimate of drug-likeness (QED) is 0.884. The minimum atomic E-state index is -0.785. The van der Waals surface area contributed by atoms with Crippen molar-refractivity contribution in [3.63, 3.8) is 0 Å². The molecule has 0 saturated carbocycles. The highest BCUT2D eigenvalue weighted by atomic mass is 19.1. The second-order valence-electron chi connectivity index (χ2n) is 4.11. The van der Waals surface area contributed by atoms with Crippen LogP contribution in [0.4, 0.5) is 10.2 Å². The van der Waals surface area contributed by atoms with E-state index in [0.29, 0.717) is 11.1 Å². The smallest absolute Gasteiger partial charge is 0.256 e. The van der Waals surface area contributed by atoms with Crippen LogP contribution in [0.3, 0.4) is 0 Å². The van der Waals surface area contributed by atoms with Crippen LogP contribution in [-0.4, -0.2) is 26.5 Å². The van der Waals surface area contributed by atoms with Crippen molar-refractivity contribution in [2.45, 2.75) is 13.1 Å². The van der Waals surface area contributed by atoms with Crippen molar-refractivity contribution in [1.29, 1.82) is 0 Å². The SMILES string of the molecule is NC1=Nc2c(-c3cccnc3)c(CF)nn2C(=O)C1. The summed E-state index contributed by atoms with van der Waals surface area (Å²) in [6, 6.07) is 3.48. The van der Waals surface area contributed by atoms with Gasteiger partial charge in [-0.1, -0.05) is 6.07 Å². The van der Waals surface area contributed by atoms with Gasteiger partial charge in [-0.15, -0.1) is 0 Å². The number of amidine groups is 1. The molecule has 1 aliphatic rings. The number of fused-ring (bicyclic) bond motifs is 1. The van der Waals surface area contributed by atoms with Gasteiger partial charge in [0.2, 0.25) is 0 Å². The number of aromatic nitrogens is 3. The van der Waals surface area contributed by atoms with Gasteiger partial charge in [0.25, 0.3) is 5.91 Å². The zero-order valence-corrected chi connectivity index (χ0v) is 9.88. The van der Waals surface area contributed by atoms with Gasteiger partial charge < -0.3 is 5.73 Å². The number of rotatable bonds is 2. The van der Waals surface area contributed by atoms with Crippen molar-refractivity contribution in [2.75, 3.05) is 0 Å². The predicted molar refractivity (Wildman–Crippen MR) is 66.8 cm³/mol. The minimum absolute atomic E-state index is 0.00706. The van der Waals surface area contributed by atoms with Crippen LogP contribution in [0.25, 0.3) is 11.1 Å². The molecule has 0 unspecified atom stereocenters. The molecule has 3 rings (SSSR count). The first-order valence-electron chi connectivity index (χ1n) is 5.65. The van der Waals surface area contributed by atoms with Gasteiger partial charge >= 0.3 is 0 Å². The average molecular weight is 259 g/mol. The second kappa shape index (κ2) is 4.27. The molecule has 1 aliphatic heterocycles. The van der Waals surface area contributed by atoms with Gasteiger partial charge in [0.1, 0.15) is 18.2 Å². The summed E-state index contributed by atoms with van der Waals surface area (Å²) in [6.07, 6.45) is 3.17. The lowest BCUT2D eigenvalue weighted by molar-refractivity contribution is 0.0905. The highest BCUT2D eigenvalue weighted by molar-refractivity contribution is 6.06. The third kappa shape index (κ3) is 1.79. The predicted octanol–water partition coefficient (Wildman–Crippen LogP) is 1.45. The fraction of sp³-hybridized carbons (Fsp3) is 0.167. The van der Waals surface area contributed by atoms with E-state index in [1.54, 1.807) is 24.5 Å². The van der Waals surface area contributed by atoms with Gasteiger partial charge in [0.05, 0.1) is 12.0 Å². The van der Waals surface area contributed by atoms with Crippen LogP contribution in [0.2, 0.25) is 0 Å². The molecule has 0 fully saturated rings. The molecule has 0 aliphatic carbocycles. The first-order valence-corrected chi connectivity index (χ1v) is 5.65. The zero-order chi connectivity index (χ0) is 13.4. The molecule has 0 spiro atoms. The first-order chi connectivity index (χ1) is 9.20. The largest absolute Gasteiger partial charge is 0.387 e. The van der Waals surface area contributed by atoms with Crippen molar-refractivity contribution in [2.24, 2.45) is 10.7 Å². The molecule has 96 valence electrons. The van der Waals surface area contributed by atoms with Crippen molar-refractivity contribution in [1.82, 2.24) is 14.8 Å². The lowest BCUT2D eigenvalue weighted by Crippen LogP contribution is -2.25. The van der Waals surface area contributed by atoms with Crippen LogP contribution in [0, 0.1) is 0 Å². The Hall–Kier alpha value is -2.57. The van der Waals surface area contributed by atoms with Crippen LogP contribution in [-0.2, 0) is 6.67 Å². The molecule has 6 nitrogen and oxygen atoms in total. The lowest BCUT2D eigenvalue weighted by Gasteiger charge is -2.10. The van der Waals surface area contributed by atoms with Gasteiger partial charge in [-0.25, -0.2) is 9.38 Å². The summed E-state index contributed by atoms with van der Waals surface area (Å²) >= 11 is 0. The number of aliphatic imine (C=N–C) groups is 1. The first kappa shape index (κ1) is 11.5. The number of carbonyl (C=O) groups is 1.